The van der Waals surface area contributed by atoms with E-state index >= 15 is 0 Å². The molecule has 0 aliphatic rings. The van der Waals surface area contributed by atoms with Gasteiger partial charge in [-0.3, -0.25) is 0 Å². The zero-order valence-corrected chi connectivity index (χ0v) is 18.6. The molecule has 1 heterocycles. The summed E-state index contributed by atoms with van der Waals surface area (Å²) in [6.07, 6.45) is 0.708. The second-order valence-corrected chi connectivity index (χ2v) is 7.75. The highest BCUT2D eigenvalue weighted by Gasteiger charge is 2.12. The van der Waals surface area contributed by atoms with Gasteiger partial charge in [0.2, 0.25) is 5.82 Å². The molecule has 0 spiro atoms. The second-order valence-electron chi connectivity index (χ2n) is 7.75. The fourth-order valence-corrected chi connectivity index (χ4v) is 4.03. The van der Waals surface area contributed by atoms with Crippen LogP contribution in [0.25, 0.3) is 33.3 Å². The Balaban J connectivity index is 1.32. The van der Waals surface area contributed by atoms with Crippen molar-refractivity contribution < 1.29 is 14.3 Å². The Bertz CT molecular complexity index is 1450. The quantitative estimate of drug-likeness (QED) is 0.347. The number of aromatic amines is 1. The first-order valence-electron chi connectivity index (χ1n) is 10.9. The smallest absolute Gasteiger partial charge is 0.338 e. The Morgan fingerprint density at radius 2 is 1.62 bits per heavy atom. The van der Waals surface area contributed by atoms with Crippen molar-refractivity contribution in [2.75, 3.05) is 13.7 Å². The lowest BCUT2D eigenvalue weighted by molar-refractivity contribution is 0.0603. The Labute approximate surface area is 196 Å². The van der Waals surface area contributed by atoms with Crippen LogP contribution in [0, 0.1) is 0 Å². The molecule has 0 amide bonds. The van der Waals surface area contributed by atoms with Crippen LogP contribution in [0.4, 0.5) is 0 Å². The number of fused-ring (bicyclic) bond motifs is 1. The second kappa shape index (κ2) is 9.54. The van der Waals surface area contributed by atoms with Crippen molar-refractivity contribution in [3.63, 3.8) is 0 Å². The van der Waals surface area contributed by atoms with Crippen LogP contribution in [0.3, 0.4) is 0 Å². The van der Waals surface area contributed by atoms with E-state index in [0.717, 1.165) is 38.8 Å². The van der Waals surface area contributed by atoms with E-state index in [-0.39, 0.29) is 5.97 Å². The van der Waals surface area contributed by atoms with Gasteiger partial charge in [0.1, 0.15) is 5.75 Å². The molecule has 0 saturated heterocycles. The zero-order valence-electron chi connectivity index (χ0n) is 18.6. The van der Waals surface area contributed by atoms with Crippen LogP contribution < -0.4 is 4.74 Å². The lowest BCUT2D eigenvalue weighted by atomic mass is 9.98. The number of H-pyrrole nitrogens is 1. The van der Waals surface area contributed by atoms with Crippen molar-refractivity contribution >= 4 is 16.7 Å². The summed E-state index contributed by atoms with van der Waals surface area (Å²) in [5, 5.41) is 16.1. The average Bonchev–Trinajstić information content (AvgIpc) is 3.44. The first kappa shape index (κ1) is 21.3. The number of hydrogen-bond donors (Lipinski definition) is 1. The SMILES string of the molecule is COC(=O)c1ccc(CCOc2cccc(-c3cccc(-c4nn[nH]n4)c3)c2)c2ccccc12. The third-order valence-corrected chi connectivity index (χ3v) is 5.69. The number of ether oxygens (including phenoxy) is 2. The van der Waals surface area contributed by atoms with E-state index in [1.54, 1.807) is 0 Å². The minimum atomic E-state index is -0.334. The molecule has 1 aromatic heterocycles. The Hall–Kier alpha value is -4.52. The van der Waals surface area contributed by atoms with Crippen LogP contribution >= 0.6 is 0 Å². The molecule has 0 fully saturated rings. The predicted octanol–water partition coefficient (Wildman–Crippen LogP) is 5.10. The monoisotopic (exact) mass is 450 g/mol. The number of methoxy groups -OCH3 is 1. The first-order chi connectivity index (χ1) is 16.7. The molecule has 7 heteroatoms. The van der Waals surface area contributed by atoms with Gasteiger partial charge in [0, 0.05) is 12.0 Å². The third-order valence-electron chi connectivity index (χ3n) is 5.69. The van der Waals surface area contributed by atoms with Crippen LogP contribution in [-0.4, -0.2) is 40.3 Å². The van der Waals surface area contributed by atoms with Crippen molar-refractivity contribution in [3.8, 4) is 28.3 Å². The number of rotatable bonds is 7. The van der Waals surface area contributed by atoms with Crippen molar-refractivity contribution in [1.29, 1.82) is 0 Å². The zero-order chi connectivity index (χ0) is 23.3. The van der Waals surface area contributed by atoms with Crippen molar-refractivity contribution in [3.05, 3.63) is 96.1 Å². The summed E-state index contributed by atoms with van der Waals surface area (Å²) in [5.74, 6) is 1.01. The molecule has 168 valence electrons. The molecule has 1 N–H and O–H groups in total. The van der Waals surface area contributed by atoms with Gasteiger partial charge in [0.25, 0.3) is 0 Å². The predicted molar refractivity (Wildman–Crippen MR) is 130 cm³/mol. The minimum Gasteiger partial charge on any atom is -0.493 e. The highest BCUT2D eigenvalue weighted by atomic mass is 16.5. The molecule has 0 saturated carbocycles. The molecule has 34 heavy (non-hydrogen) atoms. The molecule has 4 aromatic carbocycles. The lowest BCUT2D eigenvalue weighted by Crippen LogP contribution is -2.05. The van der Waals surface area contributed by atoms with E-state index in [1.165, 1.54) is 7.11 Å². The Morgan fingerprint density at radius 1 is 0.853 bits per heavy atom. The highest BCUT2D eigenvalue weighted by Crippen LogP contribution is 2.28. The molecule has 0 bridgehead atoms. The van der Waals surface area contributed by atoms with Crippen LogP contribution in [0.2, 0.25) is 0 Å². The van der Waals surface area contributed by atoms with Gasteiger partial charge < -0.3 is 9.47 Å². The van der Waals surface area contributed by atoms with Gasteiger partial charge in [-0.15, -0.1) is 10.2 Å². The van der Waals surface area contributed by atoms with Gasteiger partial charge in [-0.1, -0.05) is 60.7 Å². The van der Waals surface area contributed by atoms with Crippen molar-refractivity contribution in [2.24, 2.45) is 0 Å². The molecular weight excluding hydrogens is 428 g/mol. The minimum absolute atomic E-state index is 0.334. The summed E-state index contributed by atoms with van der Waals surface area (Å²) in [6.45, 7) is 0.508. The molecule has 0 aliphatic carbocycles. The summed E-state index contributed by atoms with van der Waals surface area (Å²) >= 11 is 0. The fourth-order valence-electron chi connectivity index (χ4n) is 4.03. The average molecular weight is 450 g/mol. The first-order valence-corrected chi connectivity index (χ1v) is 10.9. The van der Waals surface area contributed by atoms with Gasteiger partial charge in [-0.05, 0) is 56.9 Å². The molecule has 7 nitrogen and oxygen atoms in total. The number of nitrogens with one attached hydrogen (secondary N) is 1. The number of benzene rings is 4. The van der Waals surface area contributed by atoms with E-state index in [2.05, 4.69) is 20.6 Å². The van der Waals surface area contributed by atoms with E-state index in [0.29, 0.717) is 24.4 Å². The number of esters is 1. The van der Waals surface area contributed by atoms with Crippen LogP contribution in [0.1, 0.15) is 15.9 Å². The number of tetrazole rings is 1. The number of nitrogens with zero attached hydrogens (tertiary/aromatic N) is 3. The van der Waals surface area contributed by atoms with Gasteiger partial charge in [-0.25, -0.2) is 4.79 Å². The van der Waals surface area contributed by atoms with Gasteiger partial charge >= 0.3 is 5.97 Å². The van der Waals surface area contributed by atoms with E-state index < -0.39 is 0 Å². The van der Waals surface area contributed by atoms with Crippen LogP contribution in [-0.2, 0) is 11.2 Å². The Morgan fingerprint density at radius 3 is 2.41 bits per heavy atom. The van der Waals surface area contributed by atoms with E-state index in [1.807, 2.05) is 84.9 Å². The normalized spacial score (nSPS) is 10.9. The molecule has 5 aromatic rings. The third kappa shape index (κ3) is 4.36. The van der Waals surface area contributed by atoms with E-state index in [9.17, 15) is 4.79 Å². The molecule has 0 radical (unpaired) electrons. The topological polar surface area (TPSA) is 90.0 Å². The summed E-state index contributed by atoms with van der Waals surface area (Å²) < 4.78 is 11.0. The van der Waals surface area contributed by atoms with Gasteiger partial charge in [0.05, 0.1) is 19.3 Å². The maximum absolute atomic E-state index is 12.1. The summed E-state index contributed by atoms with van der Waals surface area (Å²) in [7, 11) is 1.40. The number of aromatic nitrogens is 4. The van der Waals surface area contributed by atoms with Gasteiger partial charge in [-0.2, -0.15) is 5.21 Å². The molecule has 0 atom stereocenters. The van der Waals surface area contributed by atoms with E-state index in [4.69, 9.17) is 9.47 Å². The summed E-state index contributed by atoms with van der Waals surface area (Å²) in [6, 6.07) is 27.6. The molecule has 5 rings (SSSR count). The van der Waals surface area contributed by atoms with Crippen molar-refractivity contribution in [2.45, 2.75) is 6.42 Å². The number of carbonyl (C=O) groups is 1. The van der Waals surface area contributed by atoms with Crippen LogP contribution in [0.15, 0.2) is 84.9 Å². The summed E-state index contributed by atoms with van der Waals surface area (Å²) in [5.41, 5.74) is 4.65. The van der Waals surface area contributed by atoms with Gasteiger partial charge in [0.15, 0.2) is 0 Å². The maximum atomic E-state index is 12.1. The number of hydrogen-bond acceptors (Lipinski definition) is 6. The molecular formula is C27H22N4O3. The maximum Gasteiger partial charge on any atom is 0.338 e. The molecule has 0 aliphatic heterocycles. The summed E-state index contributed by atoms with van der Waals surface area (Å²) in [4.78, 5) is 12.1. The largest absolute Gasteiger partial charge is 0.493 e. The molecule has 0 unspecified atom stereocenters. The number of carbonyl (C=O) groups excluding carboxylic acids is 1. The fraction of sp³-hybridized carbons (Fsp3) is 0.111. The Kier molecular flexibility index (Phi) is 5.99. The standard InChI is InChI=1S/C27H22N4O3/c1-33-27(32)25-13-12-18(23-10-2-3-11-24(23)25)14-15-34-22-9-5-7-20(17-22)19-6-4-8-21(16-19)26-28-30-31-29-26/h2-13,16-17H,14-15H2,1H3,(H,28,29,30,31). The van der Waals surface area contributed by atoms with Crippen LogP contribution in [0.5, 0.6) is 5.75 Å². The van der Waals surface area contributed by atoms with Crippen molar-refractivity contribution in [1.82, 2.24) is 20.6 Å². The highest BCUT2D eigenvalue weighted by molar-refractivity contribution is 6.05. The lowest BCUT2D eigenvalue weighted by Gasteiger charge is -2.12.